The molecule has 4 rings (SSSR count). The van der Waals surface area contributed by atoms with Gasteiger partial charge in [-0.25, -0.2) is 4.79 Å². The first-order valence-electron chi connectivity index (χ1n) is 10.2. The predicted octanol–water partition coefficient (Wildman–Crippen LogP) is 2.25. The van der Waals surface area contributed by atoms with Crippen LogP contribution in [0.4, 0.5) is 5.00 Å². The fourth-order valence-corrected chi connectivity index (χ4v) is 5.28. The lowest BCUT2D eigenvalue weighted by atomic mass is 10.1. The second kappa shape index (κ2) is 8.89. The van der Waals surface area contributed by atoms with Crippen LogP contribution in [0.5, 0.6) is 0 Å². The fourth-order valence-electron chi connectivity index (χ4n) is 3.97. The minimum atomic E-state index is -0.622. The lowest BCUT2D eigenvalue weighted by molar-refractivity contribution is -0.128. The summed E-state index contributed by atoms with van der Waals surface area (Å²) in [6, 6.07) is 6.78. The monoisotopic (exact) mass is 441 g/mol. The van der Waals surface area contributed by atoms with E-state index in [0.29, 0.717) is 29.1 Å². The number of thiophene rings is 1. The van der Waals surface area contributed by atoms with Crippen molar-refractivity contribution in [1.29, 1.82) is 0 Å². The number of carbonyl (C=O) groups excluding carboxylic acids is 4. The Labute approximate surface area is 183 Å². The third-order valence-electron chi connectivity index (χ3n) is 5.49. The molecule has 0 saturated carbocycles. The van der Waals surface area contributed by atoms with Crippen LogP contribution in [0.2, 0.25) is 0 Å². The summed E-state index contributed by atoms with van der Waals surface area (Å²) in [5.41, 5.74) is 8.01. The van der Waals surface area contributed by atoms with Crippen LogP contribution in [0.15, 0.2) is 24.3 Å². The lowest BCUT2D eigenvalue weighted by Gasteiger charge is -2.15. The normalized spacial score (nSPS) is 15.1. The molecule has 1 aliphatic carbocycles. The number of likely N-dealkylation sites (tertiary alicyclic amines) is 1. The van der Waals surface area contributed by atoms with Crippen molar-refractivity contribution < 1.29 is 23.9 Å². The molecule has 8 nitrogen and oxygen atoms in total. The number of hydrogen-bond donors (Lipinski definition) is 2. The summed E-state index contributed by atoms with van der Waals surface area (Å²) in [4.78, 5) is 50.9. The minimum absolute atomic E-state index is 0.143. The van der Waals surface area contributed by atoms with Crippen molar-refractivity contribution in [2.75, 3.05) is 18.5 Å². The van der Waals surface area contributed by atoms with Crippen LogP contribution in [-0.2, 0) is 33.7 Å². The molecule has 1 aromatic heterocycles. The maximum atomic E-state index is 12.3. The van der Waals surface area contributed by atoms with Gasteiger partial charge in [-0.1, -0.05) is 12.1 Å². The molecule has 0 spiro atoms. The molecule has 1 aliphatic heterocycles. The zero-order valence-corrected chi connectivity index (χ0v) is 17.8. The Morgan fingerprint density at radius 2 is 1.87 bits per heavy atom. The topological polar surface area (TPSA) is 119 Å². The molecule has 1 fully saturated rings. The van der Waals surface area contributed by atoms with Gasteiger partial charge >= 0.3 is 5.97 Å². The van der Waals surface area contributed by atoms with Crippen LogP contribution in [0, 0.1) is 0 Å². The molecule has 31 heavy (non-hydrogen) atoms. The van der Waals surface area contributed by atoms with Crippen LogP contribution < -0.4 is 11.1 Å². The molecule has 0 atom stereocenters. The molecule has 3 amide bonds. The molecule has 0 unspecified atom stereocenters. The molecule has 1 saturated heterocycles. The number of anilines is 1. The summed E-state index contributed by atoms with van der Waals surface area (Å²) in [6.07, 6.45) is 4.08. The van der Waals surface area contributed by atoms with Crippen molar-refractivity contribution in [3.63, 3.8) is 0 Å². The van der Waals surface area contributed by atoms with Crippen molar-refractivity contribution in [3.05, 3.63) is 51.4 Å². The highest BCUT2D eigenvalue weighted by atomic mass is 32.1. The van der Waals surface area contributed by atoms with Crippen LogP contribution in [-0.4, -0.2) is 41.7 Å². The molecule has 9 heteroatoms. The summed E-state index contributed by atoms with van der Waals surface area (Å²) in [5.74, 6) is -1.57. The first-order chi connectivity index (χ1) is 14.9. The van der Waals surface area contributed by atoms with Gasteiger partial charge in [-0.15, -0.1) is 11.3 Å². The van der Waals surface area contributed by atoms with Crippen LogP contribution in [0.1, 0.15) is 56.0 Å². The number of esters is 1. The summed E-state index contributed by atoms with van der Waals surface area (Å²) in [7, 11) is 0. The second-order valence-corrected chi connectivity index (χ2v) is 8.77. The van der Waals surface area contributed by atoms with Gasteiger partial charge in [0.2, 0.25) is 5.91 Å². The molecule has 3 N–H and O–H groups in total. The van der Waals surface area contributed by atoms with E-state index in [1.54, 1.807) is 29.2 Å². The van der Waals surface area contributed by atoms with E-state index in [0.717, 1.165) is 48.2 Å². The predicted molar refractivity (Wildman–Crippen MR) is 115 cm³/mol. The highest BCUT2D eigenvalue weighted by Gasteiger charge is 2.26. The number of hydrogen-bond acceptors (Lipinski definition) is 6. The Balaban J connectivity index is 1.31. The van der Waals surface area contributed by atoms with Gasteiger partial charge in [0.15, 0.2) is 6.61 Å². The number of nitrogens with zero attached hydrogens (tertiary/aromatic N) is 1. The quantitative estimate of drug-likeness (QED) is 0.639. The molecular weight excluding hydrogens is 418 g/mol. The van der Waals surface area contributed by atoms with Crippen molar-refractivity contribution in [1.82, 2.24) is 4.90 Å². The van der Waals surface area contributed by atoms with Gasteiger partial charge in [0.05, 0.1) is 11.1 Å². The summed E-state index contributed by atoms with van der Waals surface area (Å²) in [5, 5.41) is 3.06. The second-order valence-electron chi connectivity index (χ2n) is 7.67. The highest BCUT2D eigenvalue weighted by molar-refractivity contribution is 7.17. The van der Waals surface area contributed by atoms with Crippen LogP contribution in [0.3, 0.4) is 0 Å². The van der Waals surface area contributed by atoms with Crippen molar-refractivity contribution in [2.45, 2.75) is 38.6 Å². The lowest BCUT2D eigenvalue weighted by Crippen LogP contribution is -2.24. The van der Waals surface area contributed by atoms with Gasteiger partial charge in [0.1, 0.15) is 5.00 Å². The number of aryl methyl sites for hydroxylation is 1. The Kier molecular flexibility index (Phi) is 6.03. The number of primary amides is 1. The SMILES string of the molecule is NC(=O)c1c(NC(=O)COC(=O)c2ccc(CN3CCCC3=O)cc2)sc2c1CCC2. The Morgan fingerprint density at radius 3 is 2.55 bits per heavy atom. The number of fused-ring (bicyclic) bond motifs is 1. The molecular formula is C22H23N3O5S. The first kappa shape index (κ1) is 21.0. The third-order valence-corrected chi connectivity index (χ3v) is 6.70. The number of nitrogens with one attached hydrogen (secondary N) is 1. The van der Waals surface area contributed by atoms with Crippen molar-refractivity contribution in [3.8, 4) is 0 Å². The summed E-state index contributed by atoms with van der Waals surface area (Å²) < 4.78 is 5.10. The number of ether oxygens (including phenoxy) is 1. The van der Waals surface area contributed by atoms with E-state index >= 15 is 0 Å². The summed E-state index contributed by atoms with van der Waals surface area (Å²) in [6.45, 7) is 0.801. The molecule has 1 aromatic carbocycles. The molecule has 2 aromatic rings. The Morgan fingerprint density at radius 1 is 1.10 bits per heavy atom. The molecule has 162 valence electrons. The van der Waals surface area contributed by atoms with E-state index in [-0.39, 0.29) is 5.91 Å². The number of nitrogens with two attached hydrogens (primary N) is 1. The number of amides is 3. The van der Waals surface area contributed by atoms with Gasteiger partial charge in [0, 0.05) is 24.4 Å². The van der Waals surface area contributed by atoms with Gasteiger partial charge < -0.3 is 20.7 Å². The van der Waals surface area contributed by atoms with Crippen molar-refractivity contribution in [2.24, 2.45) is 5.73 Å². The van der Waals surface area contributed by atoms with Gasteiger partial charge in [-0.3, -0.25) is 14.4 Å². The maximum absolute atomic E-state index is 12.3. The van der Waals surface area contributed by atoms with Crippen molar-refractivity contribution >= 4 is 40.0 Å². The summed E-state index contributed by atoms with van der Waals surface area (Å²) >= 11 is 1.35. The maximum Gasteiger partial charge on any atom is 0.338 e. The molecule has 0 radical (unpaired) electrons. The van der Waals surface area contributed by atoms with E-state index in [9.17, 15) is 19.2 Å². The average Bonchev–Trinajstić information content (AvgIpc) is 3.43. The number of rotatable bonds is 7. The molecule has 2 aliphatic rings. The number of benzene rings is 1. The van der Waals surface area contributed by atoms with Gasteiger partial charge in [0.25, 0.3) is 11.8 Å². The third kappa shape index (κ3) is 4.61. The number of carbonyl (C=O) groups is 4. The van der Waals surface area contributed by atoms with Gasteiger partial charge in [-0.2, -0.15) is 0 Å². The standard InChI is InChI=1S/C22H23N3O5S/c23-20(28)19-15-3-1-4-16(15)31-21(19)24-17(26)12-30-22(29)14-8-6-13(7-9-14)11-25-10-2-5-18(25)27/h6-9H,1-5,10-12H2,(H2,23,28)(H,24,26). The van der Waals surface area contributed by atoms with Gasteiger partial charge in [-0.05, 0) is 48.9 Å². The minimum Gasteiger partial charge on any atom is -0.452 e. The largest absolute Gasteiger partial charge is 0.452 e. The Bertz CT molecular complexity index is 1040. The van der Waals surface area contributed by atoms with E-state index in [1.165, 1.54) is 11.3 Å². The van der Waals surface area contributed by atoms with Crippen LogP contribution >= 0.6 is 11.3 Å². The fraction of sp³-hybridized carbons (Fsp3) is 0.364. The van der Waals surface area contributed by atoms with Crippen LogP contribution in [0.25, 0.3) is 0 Å². The van der Waals surface area contributed by atoms with E-state index in [1.807, 2.05) is 0 Å². The zero-order valence-electron chi connectivity index (χ0n) is 16.9. The Hall–Kier alpha value is -3.20. The average molecular weight is 442 g/mol. The molecule has 2 heterocycles. The van der Waals surface area contributed by atoms with E-state index in [4.69, 9.17) is 10.5 Å². The first-order valence-corrected chi connectivity index (χ1v) is 11.0. The molecule has 0 bridgehead atoms. The zero-order chi connectivity index (χ0) is 22.0. The van der Waals surface area contributed by atoms with E-state index in [2.05, 4.69) is 5.32 Å². The smallest absolute Gasteiger partial charge is 0.338 e. The highest BCUT2D eigenvalue weighted by Crippen LogP contribution is 2.38. The van der Waals surface area contributed by atoms with E-state index < -0.39 is 24.4 Å².